The summed E-state index contributed by atoms with van der Waals surface area (Å²) < 4.78 is 19.6. The molecule has 4 atom stereocenters. The highest BCUT2D eigenvalue weighted by atomic mass is 19.1. The summed E-state index contributed by atoms with van der Waals surface area (Å²) in [4.78, 5) is 20.6. The van der Waals surface area contributed by atoms with Gasteiger partial charge < -0.3 is 20.1 Å². The van der Waals surface area contributed by atoms with E-state index in [1.165, 1.54) is 0 Å². The van der Waals surface area contributed by atoms with Crippen LogP contribution in [0.2, 0.25) is 0 Å². The Morgan fingerprint density at radius 1 is 1.45 bits per heavy atom. The van der Waals surface area contributed by atoms with Gasteiger partial charge in [-0.15, -0.1) is 0 Å². The zero-order chi connectivity index (χ0) is 14.4. The van der Waals surface area contributed by atoms with Crippen LogP contribution in [0.4, 0.5) is 4.39 Å². The average Bonchev–Trinajstić information content (AvgIpc) is 2.93. The van der Waals surface area contributed by atoms with Gasteiger partial charge >= 0.3 is 0 Å². The van der Waals surface area contributed by atoms with Gasteiger partial charge in [0.05, 0.1) is 12.9 Å². The first-order valence-corrected chi connectivity index (χ1v) is 5.77. The van der Waals surface area contributed by atoms with Gasteiger partial charge in [-0.1, -0.05) is 0 Å². The van der Waals surface area contributed by atoms with Gasteiger partial charge in [0.25, 0.3) is 11.6 Å². The molecule has 4 N–H and O–H groups in total. The summed E-state index contributed by atoms with van der Waals surface area (Å²) in [6.45, 7) is -0.496. The highest BCUT2D eigenvalue weighted by Crippen LogP contribution is 2.30. The van der Waals surface area contributed by atoms with Crippen LogP contribution >= 0.6 is 0 Å². The first kappa shape index (κ1) is 13.1. The van der Waals surface area contributed by atoms with Gasteiger partial charge in [0.15, 0.2) is 17.4 Å². The molecular weight excluding hydrogens is 275 g/mol. The lowest BCUT2D eigenvalue weighted by atomic mass is 10.1. The number of nitrogens with one attached hydrogen (secondary N) is 1. The lowest BCUT2D eigenvalue weighted by molar-refractivity contribution is -0.0511. The minimum absolute atomic E-state index is 0.121. The molecule has 108 valence electrons. The van der Waals surface area contributed by atoms with Crippen LogP contribution in [0.15, 0.2) is 11.1 Å². The van der Waals surface area contributed by atoms with Crippen molar-refractivity contribution in [3.8, 4) is 0 Å². The third-order valence-corrected chi connectivity index (χ3v) is 3.19. The highest BCUT2D eigenvalue weighted by Gasteiger charge is 2.44. The topological polar surface area (TPSA) is 133 Å². The van der Waals surface area contributed by atoms with Crippen molar-refractivity contribution in [2.45, 2.75) is 24.5 Å². The highest BCUT2D eigenvalue weighted by molar-refractivity contribution is 5.69. The molecular formula is C10H11FN4O5. The summed E-state index contributed by atoms with van der Waals surface area (Å²) in [5.41, 5.74) is -1.01. The van der Waals surface area contributed by atoms with Crippen molar-refractivity contribution in [3.05, 3.63) is 22.8 Å². The predicted molar refractivity (Wildman–Crippen MR) is 61.1 cm³/mol. The normalized spacial score (nSPS) is 30.2. The molecule has 3 heterocycles. The Kier molecular flexibility index (Phi) is 3.01. The molecule has 2 aromatic rings. The molecule has 1 aliphatic heterocycles. The maximum absolute atomic E-state index is 13.2. The van der Waals surface area contributed by atoms with Gasteiger partial charge in [-0.2, -0.15) is 9.37 Å². The monoisotopic (exact) mass is 286 g/mol. The van der Waals surface area contributed by atoms with Crippen LogP contribution in [-0.4, -0.2) is 59.8 Å². The fraction of sp³-hybridized carbons (Fsp3) is 0.500. The Hall–Kier alpha value is -1.88. The van der Waals surface area contributed by atoms with Crippen molar-refractivity contribution >= 4 is 11.2 Å². The maximum atomic E-state index is 13.2. The molecule has 20 heavy (non-hydrogen) atoms. The zero-order valence-electron chi connectivity index (χ0n) is 9.97. The zero-order valence-corrected chi connectivity index (χ0v) is 9.97. The second-order valence-corrected chi connectivity index (χ2v) is 4.41. The van der Waals surface area contributed by atoms with Crippen molar-refractivity contribution in [2.75, 3.05) is 6.61 Å². The Bertz CT molecular complexity index is 701. The van der Waals surface area contributed by atoms with Crippen molar-refractivity contribution < 1.29 is 24.4 Å². The summed E-state index contributed by atoms with van der Waals surface area (Å²) in [6, 6.07) is 0. The maximum Gasteiger partial charge on any atom is 0.291 e. The number of fused-ring (bicyclic) bond motifs is 1. The van der Waals surface area contributed by atoms with Crippen molar-refractivity contribution in [1.29, 1.82) is 0 Å². The summed E-state index contributed by atoms with van der Waals surface area (Å²) in [5, 5.41) is 28.6. The van der Waals surface area contributed by atoms with Crippen LogP contribution in [0.5, 0.6) is 0 Å². The molecule has 0 spiro atoms. The van der Waals surface area contributed by atoms with Crippen LogP contribution < -0.4 is 5.56 Å². The first-order chi connectivity index (χ1) is 9.52. The fourth-order valence-corrected chi connectivity index (χ4v) is 2.20. The van der Waals surface area contributed by atoms with Crippen molar-refractivity contribution in [3.63, 3.8) is 0 Å². The van der Waals surface area contributed by atoms with Gasteiger partial charge in [-0.3, -0.25) is 14.3 Å². The number of hydrogen-bond donors (Lipinski definition) is 4. The van der Waals surface area contributed by atoms with E-state index in [1.54, 1.807) is 0 Å². The van der Waals surface area contributed by atoms with Crippen LogP contribution in [0, 0.1) is 6.08 Å². The Morgan fingerprint density at radius 2 is 2.20 bits per heavy atom. The molecule has 0 radical (unpaired) electrons. The largest absolute Gasteiger partial charge is 0.394 e. The summed E-state index contributed by atoms with van der Waals surface area (Å²) in [5.74, 6) is 0. The number of imidazole rings is 1. The van der Waals surface area contributed by atoms with Crippen molar-refractivity contribution in [2.24, 2.45) is 0 Å². The van der Waals surface area contributed by atoms with E-state index in [0.717, 1.165) is 10.9 Å². The molecule has 0 aromatic carbocycles. The number of rotatable bonds is 2. The summed E-state index contributed by atoms with van der Waals surface area (Å²) in [7, 11) is 0. The molecule has 2 aromatic heterocycles. The van der Waals surface area contributed by atoms with E-state index in [9.17, 15) is 19.4 Å². The lowest BCUT2D eigenvalue weighted by Gasteiger charge is -2.16. The van der Waals surface area contributed by atoms with Gasteiger partial charge in [0, 0.05) is 0 Å². The smallest absolute Gasteiger partial charge is 0.291 e. The third kappa shape index (κ3) is 1.81. The first-order valence-electron chi connectivity index (χ1n) is 5.77. The number of nitrogens with zero attached hydrogens (tertiary/aromatic N) is 3. The molecule has 3 rings (SSSR count). The number of hydrogen-bond acceptors (Lipinski definition) is 7. The van der Waals surface area contributed by atoms with E-state index in [4.69, 9.17) is 9.84 Å². The average molecular weight is 286 g/mol. The number of aromatic amines is 1. The molecule has 0 aliphatic carbocycles. The standard InChI is InChI=1S/C10H11FN4O5/c11-10-13-7-4(8(19)14-10)12-2-15(7)9-6(18)5(17)3(1-16)20-9/h2-3,5-6,9,16-18H,1H2,(H,13,14,19)/t3-,5+,6-,9-/m0/s1. The number of halogens is 1. The number of aliphatic hydroxyl groups excluding tert-OH is 3. The minimum atomic E-state index is -1.37. The molecule has 0 bridgehead atoms. The van der Waals surface area contributed by atoms with Crippen molar-refractivity contribution in [1.82, 2.24) is 19.5 Å². The number of ether oxygens (including phenoxy) is 1. The lowest BCUT2D eigenvalue weighted by Crippen LogP contribution is -2.33. The van der Waals surface area contributed by atoms with Gasteiger partial charge in [-0.05, 0) is 0 Å². The Morgan fingerprint density at radius 3 is 2.85 bits per heavy atom. The Labute approximate surface area is 110 Å². The molecule has 0 unspecified atom stereocenters. The molecule has 1 fully saturated rings. The van der Waals surface area contributed by atoms with Gasteiger partial charge in [0.2, 0.25) is 0 Å². The van der Waals surface area contributed by atoms with Crippen LogP contribution in [-0.2, 0) is 4.74 Å². The summed E-state index contributed by atoms with van der Waals surface area (Å²) in [6.07, 6.45) is -4.74. The summed E-state index contributed by atoms with van der Waals surface area (Å²) >= 11 is 0. The number of aromatic nitrogens is 4. The molecule has 0 amide bonds. The number of aliphatic hydroxyl groups is 3. The fourth-order valence-electron chi connectivity index (χ4n) is 2.20. The second kappa shape index (κ2) is 4.59. The van der Waals surface area contributed by atoms with E-state index in [2.05, 4.69) is 9.97 Å². The van der Waals surface area contributed by atoms with Crippen LogP contribution in [0.3, 0.4) is 0 Å². The molecule has 1 saturated heterocycles. The van der Waals surface area contributed by atoms with Crippen LogP contribution in [0.1, 0.15) is 6.23 Å². The van der Waals surface area contributed by atoms with E-state index < -0.39 is 42.8 Å². The van der Waals surface area contributed by atoms with Crippen LogP contribution in [0.25, 0.3) is 11.2 Å². The molecule has 10 heteroatoms. The van der Waals surface area contributed by atoms with Gasteiger partial charge in [-0.25, -0.2) is 4.98 Å². The number of H-pyrrole nitrogens is 1. The Balaban J connectivity index is 2.09. The second-order valence-electron chi connectivity index (χ2n) is 4.41. The van der Waals surface area contributed by atoms with E-state index in [1.807, 2.05) is 4.98 Å². The minimum Gasteiger partial charge on any atom is -0.394 e. The quantitative estimate of drug-likeness (QED) is 0.463. The van der Waals surface area contributed by atoms with E-state index in [-0.39, 0.29) is 11.2 Å². The predicted octanol–water partition coefficient (Wildman–Crippen LogP) is -2.13. The van der Waals surface area contributed by atoms with Gasteiger partial charge in [0.1, 0.15) is 18.3 Å². The van der Waals surface area contributed by atoms with E-state index in [0.29, 0.717) is 0 Å². The third-order valence-electron chi connectivity index (χ3n) is 3.19. The SMILES string of the molecule is O=c1[nH]c(F)nc2c1ncn2[C@H]1O[C@@H](CO)[C@@H](O)[C@@H]1O. The molecule has 1 aliphatic rings. The molecule has 0 saturated carbocycles. The van der Waals surface area contributed by atoms with E-state index >= 15 is 0 Å². The molecule has 9 nitrogen and oxygen atoms in total.